The van der Waals surface area contributed by atoms with Crippen LogP contribution in [0, 0.1) is 3.57 Å². The number of hydrogen-bond acceptors (Lipinski definition) is 4. The molecular weight excluding hydrogens is 495 g/mol. The van der Waals surface area contributed by atoms with Crippen LogP contribution in [0.15, 0.2) is 75.0 Å². The summed E-state index contributed by atoms with van der Waals surface area (Å²) in [6, 6.07) is 19.0. The Bertz CT molecular complexity index is 1070. The smallest absolute Gasteiger partial charge is 0.264 e. The first kappa shape index (κ1) is 18.3. The van der Waals surface area contributed by atoms with Gasteiger partial charge in [0.2, 0.25) is 0 Å². The van der Waals surface area contributed by atoms with Gasteiger partial charge in [0.1, 0.15) is 11.5 Å². The first-order valence-electron chi connectivity index (χ1n) is 7.98. The van der Waals surface area contributed by atoms with Crippen molar-refractivity contribution in [2.45, 2.75) is 0 Å². The highest BCUT2D eigenvalue weighted by Crippen LogP contribution is 2.32. The van der Waals surface area contributed by atoms with Crippen molar-refractivity contribution in [3.05, 3.63) is 79.9 Å². The Balaban J connectivity index is 1.55. The predicted octanol–water partition coefficient (Wildman–Crippen LogP) is 6.10. The Hall–Kier alpha value is -2.03. The maximum atomic E-state index is 12.2. The van der Waals surface area contributed by atoms with Crippen molar-refractivity contribution in [3.8, 4) is 11.3 Å². The lowest BCUT2D eigenvalue weighted by atomic mass is 10.2. The Morgan fingerprint density at radius 1 is 1.07 bits per heavy atom. The molecule has 0 aliphatic carbocycles. The van der Waals surface area contributed by atoms with Crippen LogP contribution in [-0.4, -0.2) is 11.1 Å². The van der Waals surface area contributed by atoms with Gasteiger partial charge in [0.25, 0.3) is 5.91 Å². The van der Waals surface area contributed by atoms with Gasteiger partial charge < -0.3 is 9.73 Å². The van der Waals surface area contributed by atoms with E-state index in [1.165, 1.54) is 11.8 Å². The Morgan fingerprint density at radius 2 is 1.85 bits per heavy atom. The molecule has 1 aliphatic heterocycles. The molecule has 27 heavy (non-hydrogen) atoms. The van der Waals surface area contributed by atoms with Crippen LogP contribution in [0.25, 0.3) is 17.4 Å². The minimum absolute atomic E-state index is 0.210. The van der Waals surface area contributed by atoms with Crippen molar-refractivity contribution in [3.63, 3.8) is 0 Å². The predicted molar refractivity (Wildman–Crippen MR) is 119 cm³/mol. The van der Waals surface area contributed by atoms with Crippen molar-refractivity contribution in [2.75, 3.05) is 0 Å². The number of rotatable bonds is 3. The second kappa shape index (κ2) is 7.92. The van der Waals surface area contributed by atoms with Crippen molar-refractivity contribution in [2.24, 2.45) is 4.99 Å². The van der Waals surface area contributed by atoms with Gasteiger partial charge in [-0.15, -0.1) is 0 Å². The number of aliphatic imine (C=N–C) groups is 1. The van der Waals surface area contributed by atoms with Gasteiger partial charge in [-0.05, 0) is 70.8 Å². The quantitative estimate of drug-likeness (QED) is 0.345. The summed E-state index contributed by atoms with van der Waals surface area (Å²) in [5, 5.41) is 3.77. The molecule has 3 aromatic rings. The normalized spacial score (nSPS) is 16.9. The Labute approximate surface area is 178 Å². The van der Waals surface area contributed by atoms with E-state index in [1.54, 1.807) is 18.2 Å². The molecule has 1 fully saturated rings. The third-order valence-corrected chi connectivity index (χ3v) is 5.70. The number of carbonyl (C=O) groups is 1. The maximum Gasteiger partial charge on any atom is 0.264 e. The van der Waals surface area contributed by atoms with Crippen LogP contribution < -0.4 is 5.32 Å². The molecule has 0 saturated carbocycles. The van der Waals surface area contributed by atoms with Gasteiger partial charge in [0, 0.05) is 15.2 Å². The van der Waals surface area contributed by atoms with Crippen LogP contribution in [0.4, 0.5) is 5.69 Å². The highest BCUT2D eigenvalue weighted by molar-refractivity contribution is 14.1. The molecule has 4 nitrogen and oxygen atoms in total. The summed E-state index contributed by atoms with van der Waals surface area (Å²) in [5.41, 5.74) is 1.60. The first-order valence-corrected chi connectivity index (χ1v) is 10.3. The SMILES string of the molecule is O=C1NC(=Nc2ccccc2Cl)S/C1=C/c1ccc(-c2ccc(I)cc2)o1. The van der Waals surface area contributed by atoms with Gasteiger partial charge >= 0.3 is 0 Å². The topological polar surface area (TPSA) is 54.6 Å². The van der Waals surface area contributed by atoms with Gasteiger partial charge in [-0.1, -0.05) is 35.9 Å². The highest BCUT2D eigenvalue weighted by Gasteiger charge is 2.24. The van der Waals surface area contributed by atoms with Gasteiger partial charge in [-0.2, -0.15) is 0 Å². The summed E-state index contributed by atoms with van der Waals surface area (Å²) in [4.78, 5) is 17.1. The molecule has 7 heteroatoms. The standard InChI is InChI=1S/C20H12ClIN2O2S/c21-15-3-1-2-4-16(15)23-20-24-19(25)18(27-20)11-14-9-10-17(26-14)12-5-7-13(22)8-6-12/h1-11H,(H,23,24,25)/b18-11+. The molecule has 4 rings (SSSR count). The summed E-state index contributed by atoms with van der Waals surface area (Å²) in [5.74, 6) is 1.16. The van der Waals surface area contributed by atoms with Crippen LogP contribution in [0.1, 0.15) is 5.76 Å². The van der Waals surface area contributed by atoms with E-state index in [4.69, 9.17) is 16.0 Å². The van der Waals surface area contributed by atoms with Gasteiger partial charge in [0.05, 0.1) is 15.6 Å². The minimum atomic E-state index is -0.210. The van der Waals surface area contributed by atoms with Gasteiger partial charge in [-0.3, -0.25) is 4.79 Å². The molecule has 1 aliphatic rings. The number of carbonyl (C=O) groups excluding carboxylic acids is 1. The molecule has 0 radical (unpaired) electrons. The fourth-order valence-electron chi connectivity index (χ4n) is 2.46. The minimum Gasteiger partial charge on any atom is -0.457 e. The number of benzene rings is 2. The third-order valence-electron chi connectivity index (χ3n) is 3.75. The maximum absolute atomic E-state index is 12.2. The van der Waals surface area contributed by atoms with E-state index in [-0.39, 0.29) is 5.91 Å². The highest BCUT2D eigenvalue weighted by atomic mass is 127. The average Bonchev–Trinajstić information content (AvgIpc) is 3.25. The number of amides is 1. The zero-order valence-electron chi connectivity index (χ0n) is 13.8. The summed E-state index contributed by atoms with van der Waals surface area (Å²) < 4.78 is 7.02. The molecule has 2 aromatic carbocycles. The van der Waals surface area contributed by atoms with E-state index < -0.39 is 0 Å². The fourth-order valence-corrected chi connectivity index (χ4v) is 3.81. The number of nitrogens with one attached hydrogen (secondary N) is 1. The molecule has 0 atom stereocenters. The molecule has 1 amide bonds. The van der Waals surface area contributed by atoms with Gasteiger partial charge in [0.15, 0.2) is 5.17 Å². The number of nitrogens with zero attached hydrogens (tertiary/aromatic N) is 1. The number of para-hydroxylation sites is 1. The number of thioether (sulfide) groups is 1. The van der Waals surface area contributed by atoms with Crippen LogP contribution in [0.2, 0.25) is 5.02 Å². The van der Waals surface area contributed by atoms with E-state index in [1.807, 2.05) is 48.5 Å². The molecule has 0 spiro atoms. The van der Waals surface area contributed by atoms with Crippen molar-refractivity contribution < 1.29 is 9.21 Å². The van der Waals surface area contributed by atoms with Crippen LogP contribution in [0.3, 0.4) is 0 Å². The average molecular weight is 507 g/mol. The van der Waals surface area contributed by atoms with Crippen molar-refractivity contribution in [1.29, 1.82) is 0 Å². The zero-order valence-corrected chi connectivity index (χ0v) is 17.5. The fraction of sp³-hybridized carbons (Fsp3) is 0. The molecule has 0 unspecified atom stereocenters. The number of furan rings is 1. The molecule has 1 saturated heterocycles. The first-order chi connectivity index (χ1) is 13.1. The van der Waals surface area contributed by atoms with E-state index in [0.29, 0.717) is 26.5 Å². The van der Waals surface area contributed by atoms with Crippen molar-refractivity contribution in [1.82, 2.24) is 5.32 Å². The zero-order chi connectivity index (χ0) is 18.8. The summed E-state index contributed by atoms with van der Waals surface area (Å²) in [6.07, 6.45) is 1.71. The number of amidine groups is 1. The molecule has 2 heterocycles. The lowest BCUT2D eigenvalue weighted by Gasteiger charge is -1.98. The largest absolute Gasteiger partial charge is 0.457 e. The van der Waals surface area contributed by atoms with Crippen LogP contribution in [-0.2, 0) is 4.79 Å². The lowest BCUT2D eigenvalue weighted by molar-refractivity contribution is -0.115. The van der Waals surface area contributed by atoms with E-state index in [0.717, 1.165) is 14.9 Å². The molecule has 1 aromatic heterocycles. The van der Waals surface area contributed by atoms with E-state index in [2.05, 4.69) is 32.9 Å². The van der Waals surface area contributed by atoms with Gasteiger partial charge in [-0.25, -0.2) is 4.99 Å². The number of halogens is 2. The van der Waals surface area contributed by atoms with E-state index >= 15 is 0 Å². The summed E-state index contributed by atoms with van der Waals surface area (Å²) in [6.45, 7) is 0. The lowest BCUT2D eigenvalue weighted by Crippen LogP contribution is -2.19. The molecule has 1 N–H and O–H groups in total. The Kier molecular flexibility index (Phi) is 5.38. The third kappa shape index (κ3) is 4.28. The monoisotopic (exact) mass is 506 g/mol. The van der Waals surface area contributed by atoms with Crippen molar-refractivity contribution >= 4 is 68.8 Å². The number of hydrogen-bond donors (Lipinski definition) is 1. The second-order valence-corrected chi connectivity index (χ2v) is 8.33. The molecule has 134 valence electrons. The second-order valence-electron chi connectivity index (χ2n) is 5.64. The van der Waals surface area contributed by atoms with Crippen LogP contribution in [0.5, 0.6) is 0 Å². The van der Waals surface area contributed by atoms with E-state index in [9.17, 15) is 4.79 Å². The summed E-state index contributed by atoms with van der Waals surface area (Å²) in [7, 11) is 0. The molecular formula is C20H12ClIN2O2S. The molecule has 0 bridgehead atoms. The van der Waals surface area contributed by atoms with Crippen LogP contribution >= 0.6 is 46.0 Å². The summed E-state index contributed by atoms with van der Waals surface area (Å²) >= 11 is 9.63. The Morgan fingerprint density at radius 3 is 2.63 bits per heavy atom.